The lowest BCUT2D eigenvalue weighted by molar-refractivity contribution is 0.188. The molecule has 0 unspecified atom stereocenters. The fourth-order valence-electron chi connectivity index (χ4n) is 2.38. The molecule has 2 aromatic rings. The zero-order valence-electron chi connectivity index (χ0n) is 12.2. The number of fused-ring (bicyclic) bond motifs is 1. The third kappa shape index (κ3) is 4.06. The smallest absolute Gasteiger partial charge is 0.336 e. The lowest BCUT2D eigenvalue weighted by Gasteiger charge is -2.21. The van der Waals surface area contributed by atoms with E-state index in [1.54, 1.807) is 12.1 Å². The fraction of sp³-hybridized carbons (Fsp3) is 0.438. The Morgan fingerprint density at radius 1 is 1.24 bits per heavy atom. The number of phenolic OH excluding ortho intramolecular Hbond substituents is 1. The number of aliphatic hydroxyl groups is 1. The van der Waals surface area contributed by atoms with Gasteiger partial charge < -0.3 is 14.6 Å². The van der Waals surface area contributed by atoms with Crippen LogP contribution in [0.4, 0.5) is 0 Å². The van der Waals surface area contributed by atoms with E-state index in [0.29, 0.717) is 18.7 Å². The molecule has 1 aromatic heterocycles. The van der Waals surface area contributed by atoms with Crippen molar-refractivity contribution in [3.05, 3.63) is 40.2 Å². The molecule has 0 spiro atoms. The van der Waals surface area contributed by atoms with E-state index in [-0.39, 0.29) is 12.4 Å². The van der Waals surface area contributed by atoms with Crippen molar-refractivity contribution in [2.45, 2.75) is 26.3 Å². The summed E-state index contributed by atoms with van der Waals surface area (Å²) in [4.78, 5) is 13.8. The molecule has 1 heterocycles. The quantitative estimate of drug-likeness (QED) is 0.764. The van der Waals surface area contributed by atoms with Gasteiger partial charge in [0.25, 0.3) is 0 Å². The van der Waals surface area contributed by atoms with Crippen molar-refractivity contribution in [1.82, 2.24) is 4.90 Å². The van der Waals surface area contributed by atoms with Gasteiger partial charge in [-0.3, -0.25) is 4.90 Å². The Morgan fingerprint density at radius 2 is 2.05 bits per heavy atom. The number of hydrogen-bond acceptors (Lipinski definition) is 5. The van der Waals surface area contributed by atoms with Gasteiger partial charge in [-0.1, -0.05) is 13.3 Å². The molecular formula is C16H21NO4. The molecule has 2 N–H and O–H groups in total. The first-order valence-electron chi connectivity index (χ1n) is 7.23. The summed E-state index contributed by atoms with van der Waals surface area (Å²) in [5, 5.41) is 19.5. The van der Waals surface area contributed by atoms with E-state index in [4.69, 9.17) is 9.52 Å². The zero-order valence-corrected chi connectivity index (χ0v) is 12.2. The highest BCUT2D eigenvalue weighted by Crippen LogP contribution is 2.22. The van der Waals surface area contributed by atoms with Crippen molar-refractivity contribution >= 4 is 11.0 Å². The number of rotatable bonds is 7. The second-order valence-electron chi connectivity index (χ2n) is 5.12. The third-order valence-corrected chi connectivity index (χ3v) is 3.45. The Bertz CT molecular complexity index is 650. The van der Waals surface area contributed by atoms with E-state index in [0.717, 1.165) is 30.3 Å². The highest BCUT2D eigenvalue weighted by molar-refractivity contribution is 5.81. The van der Waals surface area contributed by atoms with Crippen LogP contribution in [-0.2, 0) is 6.54 Å². The molecular weight excluding hydrogens is 270 g/mol. The average Bonchev–Trinajstić information content (AvgIpc) is 2.44. The van der Waals surface area contributed by atoms with Gasteiger partial charge in [0, 0.05) is 30.6 Å². The molecule has 1 aromatic carbocycles. The van der Waals surface area contributed by atoms with Gasteiger partial charge >= 0.3 is 5.63 Å². The van der Waals surface area contributed by atoms with E-state index in [1.807, 2.05) is 0 Å². The van der Waals surface area contributed by atoms with Crippen LogP contribution in [0.1, 0.15) is 25.3 Å². The first kappa shape index (κ1) is 15.5. The molecule has 0 aliphatic carbocycles. The molecule has 0 fully saturated rings. The summed E-state index contributed by atoms with van der Waals surface area (Å²) in [7, 11) is 0. The number of aromatic hydroxyl groups is 1. The summed E-state index contributed by atoms with van der Waals surface area (Å²) >= 11 is 0. The summed E-state index contributed by atoms with van der Waals surface area (Å²) in [5.74, 6) is 0.0704. The summed E-state index contributed by atoms with van der Waals surface area (Å²) in [6.45, 7) is 4.22. The maximum absolute atomic E-state index is 11.7. The van der Waals surface area contributed by atoms with Crippen molar-refractivity contribution < 1.29 is 14.6 Å². The summed E-state index contributed by atoms with van der Waals surface area (Å²) in [6.07, 6.45) is 2.12. The van der Waals surface area contributed by atoms with E-state index in [9.17, 15) is 9.90 Å². The minimum absolute atomic E-state index is 0.0704. The summed E-state index contributed by atoms with van der Waals surface area (Å²) in [5.41, 5.74) is 0.810. The van der Waals surface area contributed by atoms with Crippen LogP contribution in [0, 0.1) is 0 Å². The molecule has 0 atom stereocenters. The van der Waals surface area contributed by atoms with Gasteiger partial charge in [0.1, 0.15) is 11.3 Å². The lowest BCUT2D eigenvalue weighted by atomic mass is 10.1. The predicted molar refractivity (Wildman–Crippen MR) is 81.4 cm³/mol. The van der Waals surface area contributed by atoms with Crippen molar-refractivity contribution in [2.24, 2.45) is 0 Å². The monoisotopic (exact) mass is 291 g/mol. The molecule has 21 heavy (non-hydrogen) atoms. The van der Waals surface area contributed by atoms with E-state index in [2.05, 4.69) is 11.8 Å². The zero-order chi connectivity index (χ0) is 15.2. The largest absolute Gasteiger partial charge is 0.508 e. The van der Waals surface area contributed by atoms with Gasteiger partial charge in [-0.15, -0.1) is 0 Å². The highest BCUT2D eigenvalue weighted by Gasteiger charge is 2.11. The van der Waals surface area contributed by atoms with Gasteiger partial charge in [0.05, 0.1) is 6.61 Å². The Morgan fingerprint density at radius 3 is 2.76 bits per heavy atom. The number of benzene rings is 1. The van der Waals surface area contributed by atoms with Crippen LogP contribution in [0.15, 0.2) is 33.5 Å². The second kappa shape index (κ2) is 7.24. The molecule has 0 radical (unpaired) electrons. The number of aliphatic hydroxyl groups excluding tert-OH is 1. The lowest BCUT2D eigenvalue weighted by Crippen LogP contribution is -2.28. The molecule has 0 aliphatic rings. The molecule has 5 heteroatoms. The SMILES string of the molecule is CCCCN(CCO)Cc1cc(=O)oc2cc(O)ccc12. The Hall–Kier alpha value is -1.85. The van der Waals surface area contributed by atoms with Crippen LogP contribution in [-0.4, -0.2) is 34.8 Å². The van der Waals surface area contributed by atoms with Crippen LogP contribution < -0.4 is 5.63 Å². The van der Waals surface area contributed by atoms with Crippen LogP contribution in [0.25, 0.3) is 11.0 Å². The van der Waals surface area contributed by atoms with E-state index >= 15 is 0 Å². The Balaban J connectivity index is 2.33. The number of unbranched alkanes of at least 4 members (excludes halogenated alkanes) is 1. The Labute approximate surface area is 123 Å². The van der Waals surface area contributed by atoms with Crippen molar-refractivity contribution in [1.29, 1.82) is 0 Å². The van der Waals surface area contributed by atoms with E-state index < -0.39 is 5.63 Å². The van der Waals surface area contributed by atoms with Crippen LogP contribution >= 0.6 is 0 Å². The fourth-order valence-corrected chi connectivity index (χ4v) is 2.38. The minimum Gasteiger partial charge on any atom is -0.508 e. The van der Waals surface area contributed by atoms with E-state index in [1.165, 1.54) is 12.1 Å². The molecule has 0 amide bonds. The van der Waals surface area contributed by atoms with Gasteiger partial charge in [-0.05, 0) is 30.7 Å². The topological polar surface area (TPSA) is 73.9 Å². The summed E-state index contributed by atoms with van der Waals surface area (Å²) < 4.78 is 5.12. The molecule has 114 valence electrons. The Kier molecular flexibility index (Phi) is 5.36. The number of nitrogens with zero attached hydrogens (tertiary/aromatic N) is 1. The average molecular weight is 291 g/mol. The first-order chi connectivity index (χ1) is 10.1. The van der Waals surface area contributed by atoms with Crippen molar-refractivity contribution in [2.75, 3.05) is 19.7 Å². The van der Waals surface area contributed by atoms with Gasteiger partial charge in [0.2, 0.25) is 0 Å². The maximum atomic E-state index is 11.7. The van der Waals surface area contributed by atoms with Gasteiger partial charge in [-0.2, -0.15) is 0 Å². The maximum Gasteiger partial charge on any atom is 0.336 e. The number of phenols is 1. The molecule has 2 rings (SSSR count). The normalized spacial score (nSPS) is 11.4. The molecule has 0 saturated carbocycles. The molecule has 0 bridgehead atoms. The molecule has 5 nitrogen and oxygen atoms in total. The number of hydrogen-bond donors (Lipinski definition) is 2. The molecule has 0 saturated heterocycles. The van der Waals surface area contributed by atoms with Gasteiger partial charge in [-0.25, -0.2) is 4.79 Å². The van der Waals surface area contributed by atoms with Crippen LogP contribution in [0.3, 0.4) is 0 Å². The molecule has 0 aliphatic heterocycles. The van der Waals surface area contributed by atoms with Crippen molar-refractivity contribution in [3.8, 4) is 5.75 Å². The predicted octanol–water partition coefficient (Wildman–Crippen LogP) is 2.09. The minimum atomic E-state index is -0.428. The second-order valence-corrected chi connectivity index (χ2v) is 5.12. The van der Waals surface area contributed by atoms with Crippen LogP contribution in [0.5, 0.6) is 5.75 Å². The van der Waals surface area contributed by atoms with Crippen molar-refractivity contribution in [3.63, 3.8) is 0 Å². The summed E-state index contributed by atoms with van der Waals surface area (Å²) in [6, 6.07) is 6.26. The van der Waals surface area contributed by atoms with Gasteiger partial charge in [0.15, 0.2) is 0 Å². The standard InChI is InChI=1S/C16H21NO4/c1-2-3-6-17(7-8-18)11-12-9-16(20)21-15-10-13(19)4-5-14(12)15/h4-5,9-10,18-19H,2-3,6-8,11H2,1H3. The third-order valence-electron chi connectivity index (χ3n) is 3.45. The van der Waals surface area contributed by atoms with Crippen LogP contribution in [0.2, 0.25) is 0 Å². The highest BCUT2D eigenvalue weighted by atomic mass is 16.4. The first-order valence-corrected chi connectivity index (χ1v) is 7.23.